The predicted octanol–water partition coefficient (Wildman–Crippen LogP) is 2.68. The summed E-state index contributed by atoms with van der Waals surface area (Å²) in [4.78, 5) is 12.2. The van der Waals surface area contributed by atoms with Gasteiger partial charge in [-0.15, -0.1) is 0 Å². The number of aromatic nitrogens is 2. The third-order valence-electron chi connectivity index (χ3n) is 2.87. The van der Waals surface area contributed by atoms with E-state index in [1.165, 1.54) is 0 Å². The number of hydrogen-bond acceptors (Lipinski definition) is 3. The van der Waals surface area contributed by atoms with Gasteiger partial charge in [0.15, 0.2) is 0 Å². The third-order valence-corrected chi connectivity index (χ3v) is 3.36. The number of carbonyl (C=O) groups is 1. The number of fused-ring (bicyclic) bond motifs is 1. The van der Waals surface area contributed by atoms with Gasteiger partial charge in [0.25, 0.3) is 5.91 Å². The Morgan fingerprint density at radius 3 is 3.21 bits per heavy atom. The zero-order valence-electron chi connectivity index (χ0n) is 10.1. The van der Waals surface area contributed by atoms with Crippen molar-refractivity contribution in [3.8, 4) is 5.88 Å². The van der Waals surface area contributed by atoms with Crippen LogP contribution in [0.1, 0.15) is 16.8 Å². The lowest BCUT2D eigenvalue weighted by molar-refractivity contribution is 0.102. The molecule has 3 rings (SSSR count). The van der Waals surface area contributed by atoms with Crippen molar-refractivity contribution in [1.82, 2.24) is 9.78 Å². The number of benzene rings is 1. The van der Waals surface area contributed by atoms with Crippen LogP contribution in [0, 0.1) is 0 Å². The van der Waals surface area contributed by atoms with Crippen molar-refractivity contribution >= 4 is 27.5 Å². The lowest BCUT2D eigenvalue weighted by Gasteiger charge is -2.15. The van der Waals surface area contributed by atoms with Crippen molar-refractivity contribution in [2.75, 3.05) is 11.9 Å². The molecule has 19 heavy (non-hydrogen) atoms. The molecule has 1 aromatic carbocycles. The number of nitrogens with zero attached hydrogens (tertiary/aromatic N) is 2. The molecule has 0 aliphatic carbocycles. The highest BCUT2D eigenvalue weighted by atomic mass is 79.9. The SMILES string of the molecule is O=C(Nc1cccc(Br)c1)c1cnn2c1OCCC2. The highest BCUT2D eigenvalue weighted by molar-refractivity contribution is 9.10. The summed E-state index contributed by atoms with van der Waals surface area (Å²) in [5.74, 6) is 0.347. The number of amides is 1. The normalized spacial score (nSPS) is 13.5. The van der Waals surface area contributed by atoms with Crippen LogP contribution in [0.15, 0.2) is 34.9 Å². The van der Waals surface area contributed by atoms with E-state index >= 15 is 0 Å². The van der Waals surface area contributed by atoms with Gasteiger partial charge in [0, 0.05) is 23.1 Å². The van der Waals surface area contributed by atoms with Gasteiger partial charge in [-0.25, -0.2) is 4.68 Å². The van der Waals surface area contributed by atoms with Crippen molar-refractivity contribution < 1.29 is 9.53 Å². The van der Waals surface area contributed by atoms with Crippen molar-refractivity contribution in [3.63, 3.8) is 0 Å². The van der Waals surface area contributed by atoms with Crippen LogP contribution >= 0.6 is 15.9 Å². The quantitative estimate of drug-likeness (QED) is 0.925. The first-order valence-electron chi connectivity index (χ1n) is 5.99. The van der Waals surface area contributed by atoms with Gasteiger partial charge >= 0.3 is 0 Å². The van der Waals surface area contributed by atoms with Crippen molar-refractivity contribution in [1.29, 1.82) is 0 Å². The molecule has 6 heteroatoms. The Morgan fingerprint density at radius 1 is 1.47 bits per heavy atom. The van der Waals surface area contributed by atoms with Crippen LogP contribution in [0.4, 0.5) is 5.69 Å². The second-order valence-corrected chi connectivity index (χ2v) is 5.17. The minimum absolute atomic E-state index is 0.207. The predicted molar refractivity (Wildman–Crippen MR) is 74.4 cm³/mol. The fraction of sp³-hybridized carbons (Fsp3) is 0.231. The summed E-state index contributed by atoms with van der Waals surface area (Å²) >= 11 is 3.37. The van der Waals surface area contributed by atoms with Gasteiger partial charge < -0.3 is 10.1 Å². The standard InChI is InChI=1S/C13H12BrN3O2/c14-9-3-1-4-10(7-9)16-12(18)11-8-15-17-5-2-6-19-13(11)17/h1,3-4,7-8H,2,5-6H2,(H,16,18). The van der Waals surface area contributed by atoms with Crippen LogP contribution in [-0.4, -0.2) is 22.3 Å². The topological polar surface area (TPSA) is 56.2 Å². The average Bonchev–Trinajstić information content (AvgIpc) is 2.82. The molecule has 98 valence electrons. The summed E-state index contributed by atoms with van der Waals surface area (Å²) in [5, 5.41) is 6.99. The Hall–Kier alpha value is -1.82. The van der Waals surface area contributed by atoms with Gasteiger partial charge in [-0.05, 0) is 18.2 Å². The number of ether oxygens (including phenoxy) is 1. The number of nitrogens with one attached hydrogen (secondary N) is 1. The molecule has 2 heterocycles. The third kappa shape index (κ3) is 2.49. The van der Waals surface area contributed by atoms with E-state index in [2.05, 4.69) is 26.3 Å². The molecule has 0 saturated heterocycles. The molecule has 0 spiro atoms. The summed E-state index contributed by atoms with van der Waals surface area (Å²) in [6.45, 7) is 1.42. The monoisotopic (exact) mass is 321 g/mol. The lowest BCUT2D eigenvalue weighted by atomic mass is 10.2. The first-order valence-corrected chi connectivity index (χ1v) is 6.79. The van der Waals surface area contributed by atoms with Crippen LogP contribution in [-0.2, 0) is 6.54 Å². The molecule has 2 aromatic rings. The first-order chi connectivity index (χ1) is 9.24. The van der Waals surface area contributed by atoms with Gasteiger partial charge in [-0.2, -0.15) is 5.10 Å². The zero-order valence-corrected chi connectivity index (χ0v) is 11.7. The van der Waals surface area contributed by atoms with E-state index in [1.807, 2.05) is 24.3 Å². The van der Waals surface area contributed by atoms with E-state index in [4.69, 9.17) is 4.74 Å². The maximum atomic E-state index is 12.2. The molecule has 5 nitrogen and oxygen atoms in total. The molecule has 0 atom stereocenters. The van der Waals surface area contributed by atoms with E-state index in [9.17, 15) is 4.79 Å². The van der Waals surface area contributed by atoms with Gasteiger partial charge in [0.1, 0.15) is 5.56 Å². The highest BCUT2D eigenvalue weighted by Crippen LogP contribution is 2.24. The summed E-state index contributed by atoms with van der Waals surface area (Å²) in [6, 6.07) is 7.44. The van der Waals surface area contributed by atoms with Gasteiger partial charge in [0.05, 0.1) is 12.8 Å². The van der Waals surface area contributed by atoms with Crippen molar-refractivity contribution in [2.24, 2.45) is 0 Å². The molecule has 0 radical (unpaired) electrons. The van der Waals surface area contributed by atoms with Crippen LogP contribution in [0.25, 0.3) is 0 Å². The summed E-state index contributed by atoms with van der Waals surface area (Å²) < 4.78 is 8.14. The Morgan fingerprint density at radius 2 is 2.37 bits per heavy atom. The van der Waals surface area contributed by atoms with Crippen LogP contribution in [0.5, 0.6) is 5.88 Å². The second-order valence-electron chi connectivity index (χ2n) is 4.25. The molecular formula is C13H12BrN3O2. The molecule has 0 saturated carbocycles. The largest absolute Gasteiger partial charge is 0.477 e. The summed E-state index contributed by atoms with van der Waals surface area (Å²) in [6.07, 6.45) is 2.47. The molecule has 1 N–H and O–H groups in total. The highest BCUT2D eigenvalue weighted by Gasteiger charge is 2.21. The minimum atomic E-state index is -0.207. The van der Waals surface area contributed by atoms with E-state index in [1.54, 1.807) is 10.9 Å². The molecular weight excluding hydrogens is 310 g/mol. The van der Waals surface area contributed by atoms with Gasteiger partial charge in [-0.1, -0.05) is 22.0 Å². The number of hydrogen-bond donors (Lipinski definition) is 1. The number of anilines is 1. The fourth-order valence-corrected chi connectivity index (χ4v) is 2.39. The smallest absolute Gasteiger partial charge is 0.262 e. The molecule has 1 aromatic heterocycles. The van der Waals surface area contributed by atoms with Crippen LogP contribution in [0.2, 0.25) is 0 Å². The molecule has 1 aliphatic rings. The molecule has 0 bridgehead atoms. The Kier molecular flexibility index (Phi) is 3.25. The maximum Gasteiger partial charge on any atom is 0.262 e. The lowest BCUT2D eigenvalue weighted by Crippen LogP contribution is -2.18. The Bertz CT molecular complexity index is 624. The number of carbonyl (C=O) groups excluding carboxylic acids is 1. The maximum absolute atomic E-state index is 12.2. The van der Waals surface area contributed by atoms with E-state index in [-0.39, 0.29) is 5.91 Å². The molecule has 0 unspecified atom stereocenters. The Labute approximate surface area is 118 Å². The Balaban J connectivity index is 1.83. The van der Waals surface area contributed by atoms with Crippen molar-refractivity contribution in [3.05, 3.63) is 40.5 Å². The molecule has 0 fully saturated rings. The van der Waals surface area contributed by atoms with Gasteiger partial charge in [-0.3, -0.25) is 4.79 Å². The first kappa shape index (κ1) is 12.2. The van der Waals surface area contributed by atoms with Crippen molar-refractivity contribution in [2.45, 2.75) is 13.0 Å². The minimum Gasteiger partial charge on any atom is -0.477 e. The molecule has 1 aliphatic heterocycles. The summed E-state index contributed by atoms with van der Waals surface area (Å²) in [5.41, 5.74) is 1.20. The van der Waals surface area contributed by atoms with Gasteiger partial charge in [0.2, 0.25) is 5.88 Å². The second kappa shape index (κ2) is 5.05. The van der Waals surface area contributed by atoms with E-state index < -0.39 is 0 Å². The molecule has 1 amide bonds. The van der Waals surface area contributed by atoms with E-state index in [0.717, 1.165) is 23.1 Å². The van der Waals surface area contributed by atoms with Crippen LogP contribution in [0.3, 0.4) is 0 Å². The summed E-state index contributed by atoms with van der Waals surface area (Å²) in [7, 11) is 0. The zero-order chi connectivity index (χ0) is 13.2. The number of halogens is 1. The number of aryl methyl sites for hydroxylation is 1. The fourth-order valence-electron chi connectivity index (χ4n) is 1.99. The van der Waals surface area contributed by atoms with E-state index in [0.29, 0.717) is 18.1 Å². The van der Waals surface area contributed by atoms with Crippen LogP contribution < -0.4 is 10.1 Å². The number of rotatable bonds is 2. The average molecular weight is 322 g/mol.